The smallest absolute Gasteiger partial charge is 0.156 e. The first-order valence-corrected chi connectivity index (χ1v) is 8.30. The number of thiophene rings is 1. The number of nitrogens with zero attached hydrogens (tertiary/aromatic N) is 1. The maximum atomic E-state index is 4.58. The van der Waals surface area contributed by atoms with Crippen LogP contribution in [0.5, 0.6) is 0 Å². The third kappa shape index (κ3) is 4.30. The van der Waals surface area contributed by atoms with E-state index in [-0.39, 0.29) is 0 Å². The van der Waals surface area contributed by atoms with Gasteiger partial charge in [-0.05, 0) is 39.9 Å². The Balaban J connectivity index is 1.74. The van der Waals surface area contributed by atoms with Crippen molar-refractivity contribution in [1.82, 2.24) is 5.32 Å². The van der Waals surface area contributed by atoms with Crippen molar-refractivity contribution in [2.24, 2.45) is 10.4 Å². The fourth-order valence-electron chi connectivity index (χ4n) is 1.53. The van der Waals surface area contributed by atoms with Gasteiger partial charge in [-0.15, -0.1) is 11.3 Å². The molecule has 5 heteroatoms. The first-order chi connectivity index (χ1) is 8.05. The standard InChI is InChI=1S/C12H17BrN2S2/c1-12(2)7-15-11(16-8-12)14-6-5-9-3-4-10(13)17-9/h3-4H,5-8H2,1-2H3,(H,14,15). The number of amidine groups is 1. The van der Waals surface area contributed by atoms with Gasteiger partial charge in [0.15, 0.2) is 5.17 Å². The Bertz CT molecular complexity index is 412. The summed E-state index contributed by atoms with van der Waals surface area (Å²) < 4.78 is 1.21. The van der Waals surface area contributed by atoms with Crippen LogP contribution in [0.25, 0.3) is 0 Å². The Morgan fingerprint density at radius 3 is 2.88 bits per heavy atom. The Hall–Kier alpha value is -0.000000000000000111. The van der Waals surface area contributed by atoms with Gasteiger partial charge < -0.3 is 5.32 Å². The number of halogens is 1. The maximum absolute atomic E-state index is 4.58. The number of aliphatic imine (C=N–C) groups is 1. The zero-order valence-electron chi connectivity index (χ0n) is 10.1. The highest BCUT2D eigenvalue weighted by Crippen LogP contribution is 2.27. The highest BCUT2D eigenvalue weighted by Gasteiger charge is 2.22. The molecule has 0 saturated carbocycles. The quantitative estimate of drug-likeness (QED) is 0.911. The first kappa shape index (κ1) is 13.4. The van der Waals surface area contributed by atoms with Crippen LogP contribution in [-0.2, 0) is 6.42 Å². The van der Waals surface area contributed by atoms with E-state index >= 15 is 0 Å². The lowest BCUT2D eigenvalue weighted by Gasteiger charge is -2.27. The fraction of sp³-hybridized carbons (Fsp3) is 0.583. The molecule has 94 valence electrons. The molecule has 1 aromatic rings. The Kier molecular flexibility index (Phi) is 4.55. The molecule has 0 amide bonds. The molecule has 0 aromatic carbocycles. The molecule has 17 heavy (non-hydrogen) atoms. The maximum Gasteiger partial charge on any atom is 0.156 e. The van der Waals surface area contributed by atoms with Gasteiger partial charge in [-0.25, -0.2) is 0 Å². The summed E-state index contributed by atoms with van der Waals surface area (Å²) in [5.41, 5.74) is 0.356. The van der Waals surface area contributed by atoms with Crippen molar-refractivity contribution in [1.29, 1.82) is 0 Å². The van der Waals surface area contributed by atoms with Crippen molar-refractivity contribution in [3.8, 4) is 0 Å². The number of nitrogens with one attached hydrogen (secondary N) is 1. The van der Waals surface area contributed by atoms with Crippen LogP contribution in [0.1, 0.15) is 18.7 Å². The lowest BCUT2D eigenvalue weighted by atomic mass is 9.97. The van der Waals surface area contributed by atoms with Gasteiger partial charge in [0.25, 0.3) is 0 Å². The lowest BCUT2D eigenvalue weighted by molar-refractivity contribution is 0.437. The molecule has 0 bridgehead atoms. The van der Waals surface area contributed by atoms with Crippen molar-refractivity contribution < 1.29 is 0 Å². The molecule has 2 heterocycles. The van der Waals surface area contributed by atoms with Crippen LogP contribution < -0.4 is 5.32 Å². The second kappa shape index (κ2) is 5.76. The second-order valence-electron chi connectivity index (χ2n) is 4.96. The van der Waals surface area contributed by atoms with Gasteiger partial charge in [0.05, 0.1) is 3.79 Å². The van der Waals surface area contributed by atoms with Crippen LogP contribution in [0.2, 0.25) is 0 Å². The van der Waals surface area contributed by atoms with Crippen LogP contribution in [-0.4, -0.2) is 24.0 Å². The summed E-state index contributed by atoms with van der Waals surface area (Å²) in [5.74, 6) is 1.16. The van der Waals surface area contributed by atoms with Crippen molar-refractivity contribution in [3.63, 3.8) is 0 Å². The van der Waals surface area contributed by atoms with Crippen LogP contribution in [0, 0.1) is 5.41 Å². The number of hydrogen-bond acceptors (Lipinski definition) is 4. The minimum absolute atomic E-state index is 0.356. The van der Waals surface area contributed by atoms with E-state index in [1.807, 2.05) is 11.8 Å². The monoisotopic (exact) mass is 332 g/mol. The third-order valence-electron chi connectivity index (χ3n) is 2.53. The molecule has 1 aliphatic heterocycles. The summed E-state index contributed by atoms with van der Waals surface area (Å²) in [6, 6.07) is 4.28. The van der Waals surface area contributed by atoms with Crippen LogP contribution in [0.4, 0.5) is 0 Å². The second-order valence-corrected chi connectivity index (χ2v) is 8.47. The molecule has 1 aliphatic rings. The van der Waals surface area contributed by atoms with Gasteiger partial charge in [-0.1, -0.05) is 25.6 Å². The average molecular weight is 333 g/mol. The molecule has 0 saturated heterocycles. The van der Waals surface area contributed by atoms with E-state index < -0.39 is 0 Å². The van der Waals surface area contributed by atoms with Crippen LogP contribution in [0.15, 0.2) is 20.9 Å². The van der Waals surface area contributed by atoms with Gasteiger partial charge >= 0.3 is 0 Å². The van der Waals surface area contributed by atoms with E-state index in [1.165, 1.54) is 8.66 Å². The molecule has 1 N–H and O–H groups in total. The van der Waals surface area contributed by atoms with E-state index in [2.05, 4.69) is 52.2 Å². The lowest BCUT2D eigenvalue weighted by Crippen LogP contribution is -2.32. The van der Waals surface area contributed by atoms with E-state index in [1.54, 1.807) is 11.3 Å². The summed E-state index contributed by atoms with van der Waals surface area (Å²) in [6.07, 6.45) is 1.07. The molecule has 1 aromatic heterocycles. The summed E-state index contributed by atoms with van der Waals surface area (Å²) in [5, 5.41) is 4.53. The number of rotatable bonds is 3. The van der Waals surface area contributed by atoms with E-state index in [0.29, 0.717) is 5.41 Å². The molecular formula is C12H17BrN2S2. The number of hydrogen-bond donors (Lipinski definition) is 1. The molecule has 2 rings (SSSR count). The van der Waals surface area contributed by atoms with Crippen LogP contribution >= 0.6 is 39.0 Å². The van der Waals surface area contributed by atoms with E-state index in [4.69, 9.17) is 0 Å². The predicted molar refractivity (Wildman–Crippen MR) is 82.3 cm³/mol. The van der Waals surface area contributed by atoms with Crippen molar-refractivity contribution in [2.45, 2.75) is 20.3 Å². The Labute approximate surface area is 119 Å². The van der Waals surface area contributed by atoms with Crippen molar-refractivity contribution in [2.75, 3.05) is 18.8 Å². The zero-order valence-corrected chi connectivity index (χ0v) is 13.3. The predicted octanol–water partition coefficient (Wildman–Crippen LogP) is 3.77. The normalized spacial score (nSPS) is 18.9. The minimum Gasteiger partial charge on any atom is -0.365 e. The summed E-state index contributed by atoms with van der Waals surface area (Å²) >= 11 is 7.13. The van der Waals surface area contributed by atoms with Gasteiger partial charge in [0.2, 0.25) is 0 Å². The molecule has 0 spiro atoms. The Morgan fingerprint density at radius 2 is 2.29 bits per heavy atom. The minimum atomic E-state index is 0.356. The zero-order chi connectivity index (χ0) is 12.3. The third-order valence-corrected chi connectivity index (χ3v) is 5.68. The van der Waals surface area contributed by atoms with Crippen molar-refractivity contribution >= 4 is 44.2 Å². The number of thioether (sulfide) groups is 1. The molecule has 0 unspecified atom stereocenters. The summed E-state index contributed by atoms with van der Waals surface area (Å²) in [7, 11) is 0. The summed E-state index contributed by atoms with van der Waals surface area (Å²) in [4.78, 5) is 5.99. The molecule has 0 atom stereocenters. The first-order valence-electron chi connectivity index (χ1n) is 5.70. The topological polar surface area (TPSA) is 24.4 Å². The van der Waals surface area contributed by atoms with E-state index in [9.17, 15) is 0 Å². The van der Waals surface area contributed by atoms with Crippen molar-refractivity contribution in [3.05, 3.63) is 20.8 Å². The van der Waals surface area contributed by atoms with Crippen LogP contribution in [0.3, 0.4) is 0 Å². The van der Waals surface area contributed by atoms with Gasteiger partial charge in [0.1, 0.15) is 0 Å². The molecule has 0 radical (unpaired) electrons. The molecule has 0 aliphatic carbocycles. The average Bonchev–Trinajstić information content (AvgIpc) is 2.67. The highest BCUT2D eigenvalue weighted by molar-refractivity contribution is 9.11. The highest BCUT2D eigenvalue weighted by atomic mass is 79.9. The Morgan fingerprint density at radius 1 is 1.47 bits per heavy atom. The largest absolute Gasteiger partial charge is 0.365 e. The molecule has 2 nitrogen and oxygen atoms in total. The van der Waals surface area contributed by atoms with E-state index in [0.717, 1.165) is 30.4 Å². The molecular weight excluding hydrogens is 316 g/mol. The van der Waals surface area contributed by atoms with Gasteiger partial charge in [0, 0.05) is 23.7 Å². The molecule has 0 fully saturated rings. The van der Waals surface area contributed by atoms with Gasteiger partial charge in [-0.2, -0.15) is 0 Å². The fourth-order valence-corrected chi connectivity index (χ4v) is 3.99. The summed E-state index contributed by atoms with van der Waals surface area (Å²) in [6.45, 7) is 6.44. The SMILES string of the molecule is CC1(C)CN=C(NCCc2ccc(Br)s2)SC1. The van der Waals surface area contributed by atoms with Gasteiger partial charge in [-0.3, -0.25) is 4.99 Å².